The SMILES string of the molecule is [2H]c1c([2H])c([2H])c2c(c1[2H])c1c([2H])c([2H])c([2H])c([2H])c1n2-c1nc(-c2ccc3c(c2)oc2ccccc23)nc(-c2cc3ccccc3c3ccccc23)n1. The third-order valence-electron chi connectivity index (χ3n) is 8.50. The number of aromatic nitrogens is 4. The minimum atomic E-state index is -0.530. The lowest BCUT2D eigenvalue weighted by molar-refractivity contribution is 0.669. The predicted octanol–water partition coefficient (Wildman–Crippen LogP) is 10.5. The van der Waals surface area contributed by atoms with Crippen molar-refractivity contribution in [2.75, 3.05) is 0 Å². The molecule has 0 N–H and O–H groups in total. The predicted molar refractivity (Wildman–Crippen MR) is 187 cm³/mol. The number of para-hydroxylation sites is 3. The Labute approximate surface area is 274 Å². The first-order valence-electron chi connectivity index (χ1n) is 18.7. The van der Waals surface area contributed by atoms with Gasteiger partial charge in [-0.1, -0.05) is 109 Å². The monoisotopic (exact) mass is 596 g/mol. The van der Waals surface area contributed by atoms with Crippen LogP contribution in [0.1, 0.15) is 11.0 Å². The van der Waals surface area contributed by atoms with Crippen molar-refractivity contribution in [3.05, 3.63) is 145 Å². The quantitative estimate of drug-likeness (QED) is 0.190. The smallest absolute Gasteiger partial charge is 0.238 e. The molecule has 7 aromatic carbocycles. The Kier molecular flexibility index (Phi) is 3.85. The third-order valence-corrected chi connectivity index (χ3v) is 8.50. The maximum absolute atomic E-state index is 9.06. The highest BCUT2D eigenvalue weighted by Gasteiger charge is 2.20. The van der Waals surface area contributed by atoms with Gasteiger partial charge in [0, 0.05) is 32.7 Å². The maximum Gasteiger partial charge on any atom is 0.238 e. The van der Waals surface area contributed by atoms with Crippen LogP contribution in [-0.4, -0.2) is 19.5 Å². The summed E-state index contributed by atoms with van der Waals surface area (Å²) >= 11 is 0. The molecule has 0 aliphatic carbocycles. The number of hydrogen-bond acceptors (Lipinski definition) is 4. The van der Waals surface area contributed by atoms with E-state index in [4.69, 9.17) is 30.3 Å². The van der Waals surface area contributed by atoms with E-state index in [1.165, 1.54) is 4.57 Å². The second kappa shape index (κ2) is 9.58. The van der Waals surface area contributed by atoms with E-state index in [-0.39, 0.29) is 39.4 Å². The fourth-order valence-electron chi connectivity index (χ4n) is 6.44. The molecule has 10 rings (SSSR count). The van der Waals surface area contributed by atoms with Crippen LogP contribution in [0.2, 0.25) is 0 Å². The summed E-state index contributed by atoms with van der Waals surface area (Å²) in [4.78, 5) is 14.9. The van der Waals surface area contributed by atoms with Crippen molar-refractivity contribution in [3.63, 3.8) is 0 Å². The van der Waals surface area contributed by atoms with Crippen LogP contribution in [-0.2, 0) is 0 Å². The molecular weight excluding hydrogens is 564 g/mol. The van der Waals surface area contributed by atoms with Crippen LogP contribution in [0.25, 0.3) is 94.0 Å². The molecule has 0 amide bonds. The molecular formula is C41H24N4O. The van der Waals surface area contributed by atoms with E-state index < -0.39 is 48.3 Å². The largest absolute Gasteiger partial charge is 0.456 e. The standard InChI is InChI=1S/C41H24N4O/c1-2-12-27-25(11-1)23-34(29-14-4-3-13-28(27)29)40-42-39(26-21-22-33-32-17-7-10-20-37(32)46-38(33)24-26)43-41(44-40)45-35-18-8-5-15-30(35)31-16-6-9-19-36(31)45/h1-24H/i5D,6D,8D,9D,15D,16D,18D,19D. The number of furan rings is 1. The molecule has 0 aliphatic rings. The van der Waals surface area contributed by atoms with Crippen LogP contribution in [0.15, 0.2) is 150 Å². The van der Waals surface area contributed by atoms with Crippen molar-refractivity contribution in [1.82, 2.24) is 19.5 Å². The summed E-state index contributed by atoms with van der Waals surface area (Å²) in [6.07, 6.45) is 0. The lowest BCUT2D eigenvalue weighted by Gasteiger charge is -2.13. The van der Waals surface area contributed by atoms with Crippen LogP contribution in [0, 0.1) is 0 Å². The van der Waals surface area contributed by atoms with Crippen molar-refractivity contribution in [2.24, 2.45) is 0 Å². The third kappa shape index (κ3) is 3.66. The molecule has 214 valence electrons. The summed E-state index contributed by atoms with van der Waals surface area (Å²) in [7, 11) is 0. The second-order valence-corrected chi connectivity index (χ2v) is 11.1. The Bertz CT molecular complexity index is 3210. The van der Waals surface area contributed by atoms with Crippen LogP contribution in [0.5, 0.6) is 0 Å². The average molecular weight is 597 g/mol. The van der Waals surface area contributed by atoms with E-state index in [9.17, 15) is 0 Å². The van der Waals surface area contributed by atoms with Crippen LogP contribution < -0.4 is 0 Å². The first-order chi connectivity index (χ1) is 26.1. The van der Waals surface area contributed by atoms with Gasteiger partial charge in [0.15, 0.2) is 11.6 Å². The van der Waals surface area contributed by atoms with Crippen molar-refractivity contribution in [3.8, 4) is 28.7 Å². The minimum absolute atomic E-state index is 0.0636. The molecule has 10 aromatic rings. The molecule has 0 radical (unpaired) electrons. The first kappa shape index (κ1) is 18.5. The van der Waals surface area contributed by atoms with Gasteiger partial charge < -0.3 is 4.42 Å². The van der Waals surface area contributed by atoms with Gasteiger partial charge in [-0.2, -0.15) is 9.97 Å². The Morgan fingerprint density at radius 1 is 0.500 bits per heavy atom. The van der Waals surface area contributed by atoms with Gasteiger partial charge in [-0.3, -0.25) is 4.57 Å². The molecule has 0 aliphatic heterocycles. The molecule has 0 fully saturated rings. The van der Waals surface area contributed by atoms with Crippen molar-refractivity contribution >= 4 is 65.3 Å². The Balaban J connectivity index is 1.37. The summed E-state index contributed by atoms with van der Waals surface area (Å²) in [5.41, 5.74) is 2.40. The number of rotatable bonds is 3. The highest BCUT2D eigenvalue weighted by Crippen LogP contribution is 2.37. The van der Waals surface area contributed by atoms with Gasteiger partial charge in [-0.05, 0) is 57.9 Å². The number of fused-ring (bicyclic) bond motifs is 9. The molecule has 0 saturated carbocycles. The van der Waals surface area contributed by atoms with E-state index in [1.54, 1.807) is 0 Å². The van der Waals surface area contributed by atoms with Gasteiger partial charge in [0.2, 0.25) is 5.95 Å². The molecule has 0 saturated heterocycles. The molecule has 3 heterocycles. The van der Waals surface area contributed by atoms with E-state index in [0.717, 1.165) is 37.9 Å². The van der Waals surface area contributed by atoms with Crippen molar-refractivity contribution in [1.29, 1.82) is 0 Å². The first-order valence-corrected chi connectivity index (χ1v) is 14.7. The van der Waals surface area contributed by atoms with Crippen LogP contribution in [0.4, 0.5) is 0 Å². The summed E-state index contributed by atoms with van der Waals surface area (Å²) in [6.45, 7) is 0. The van der Waals surface area contributed by atoms with Gasteiger partial charge in [-0.15, -0.1) is 0 Å². The Morgan fingerprint density at radius 2 is 1.13 bits per heavy atom. The normalized spacial score (nSPS) is 14.3. The van der Waals surface area contributed by atoms with E-state index in [1.807, 2.05) is 97.1 Å². The van der Waals surface area contributed by atoms with Gasteiger partial charge in [0.05, 0.1) is 22.0 Å². The van der Waals surface area contributed by atoms with Crippen molar-refractivity contribution in [2.45, 2.75) is 0 Å². The number of benzene rings is 7. The van der Waals surface area contributed by atoms with Crippen LogP contribution >= 0.6 is 0 Å². The molecule has 5 heteroatoms. The molecule has 3 aromatic heterocycles. The molecule has 0 unspecified atom stereocenters. The summed E-state index contributed by atoms with van der Waals surface area (Å²) in [6, 6.07) is 27.3. The highest BCUT2D eigenvalue weighted by molar-refractivity contribution is 6.13. The zero-order valence-electron chi connectivity index (χ0n) is 31.9. The molecule has 0 atom stereocenters. The molecule has 0 bridgehead atoms. The molecule has 5 nitrogen and oxygen atoms in total. The van der Waals surface area contributed by atoms with E-state index in [2.05, 4.69) is 0 Å². The number of nitrogens with zero attached hydrogens (tertiary/aromatic N) is 4. The fourth-order valence-corrected chi connectivity index (χ4v) is 6.44. The average Bonchev–Trinajstić information content (AvgIpc) is 3.77. The topological polar surface area (TPSA) is 56.7 Å². The van der Waals surface area contributed by atoms with E-state index in [0.29, 0.717) is 16.7 Å². The zero-order valence-corrected chi connectivity index (χ0v) is 23.9. The van der Waals surface area contributed by atoms with E-state index >= 15 is 0 Å². The van der Waals surface area contributed by atoms with Gasteiger partial charge in [0.1, 0.15) is 11.2 Å². The molecule has 0 spiro atoms. The second-order valence-electron chi connectivity index (χ2n) is 11.1. The summed E-state index contributed by atoms with van der Waals surface area (Å²) in [5, 5.41) is 5.54. The van der Waals surface area contributed by atoms with Crippen molar-refractivity contribution < 1.29 is 15.4 Å². The Hall–Kier alpha value is -6.33. The van der Waals surface area contributed by atoms with Gasteiger partial charge in [-0.25, -0.2) is 4.98 Å². The summed E-state index contributed by atoms with van der Waals surface area (Å²) < 4.78 is 77.6. The van der Waals surface area contributed by atoms with Gasteiger partial charge >= 0.3 is 0 Å². The molecule has 46 heavy (non-hydrogen) atoms. The summed E-state index contributed by atoms with van der Waals surface area (Å²) in [5.74, 6) is 0.372. The lowest BCUT2D eigenvalue weighted by Crippen LogP contribution is -2.06. The minimum Gasteiger partial charge on any atom is -0.456 e. The fraction of sp³-hybridized carbons (Fsp3) is 0. The Morgan fingerprint density at radius 3 is 1.93 bits per heavy atom. The van der Waals surface area contributed by atoms with Gasteiger partial charge in [0.25, 0.3) is 0 Å². The van der Waals surface area contributed by atoms with Crippen LogP contribution in [0.3, 0.4) is 0 Å². The highest BCUT2D eigenvalue weighted by atomic mass is 16.3. The lowest BCUT2D eigenvalue weighted by atomic mass is 9.97. The zero-order chi connectivity index (χ0) is 37.2. The maximum atomic E-state index is 9.06. The number of hydrogen-bond donors (Lipinski definition) is 0.